The predicted molar refractivity (Wildman–Crippen MR) is 128 cm³/mol. The van der Waals surface area contributed by atoms with Crippen molar-refractivity contribution in [2.45, 2.75) is 101 Å². The molecule has 0 spiro atoms. The third-order valence-electron chi connectivity index (χ3n) is 7.95. The van der Waals surface area contributed by atoms with Crippen LogP contribution in [0.2, 0.25) is 0 Å². The number of carbonyl (C=O) groups excluding carboxylic acids is 1. The third-order valence-corrected chi connectivity index (χ3v) is 7.95. The van der Waals surface area contributed by atoms with E-state index >= 15 is 0 Å². The molecule has 0 radical (unpaired) electrons. The van der Waals surface area contributed by atoms with Crippen LogP contribution in [0.15, 0.2) is 24.3 Å². The van der Waals surface area contributed by atoms with Gasteiger partial charge in [0.25, 0.3) is 11.2 Å². The lowest BCUT2D eigenvalue weighted by Gasteiger charge is -2.48. The fraction of sp³-hybridized carbons (Fsp3) is 0.741. The van der Waals surface area contributed by atoms with Crippen molar-refractivity contribution in [3.8, 4) is 0 Å². The van der Waals surface area contributed by atoms with E-state index in [0.29, 0.717) is 0 Å². The zero-order chi connectivity index (χ0) is 33.6. The summed E-state index contributed by atoms with van der Waals surface area (Å²) in [6, 6.07) is 5.37. The summed E-state index contributed by atoms with van der Waals surface area (Å²) >= 11 is 0. The van der Waals surface area contributed by atoms with Gasteiger partial charge in [0.2, 0.25) is 0 Å². The van der Waals surface area contributed by atoms with Crippen molar-refractivity contribution in [3.63, 3.8) is 0 Å². The Bertz CT molecular complexity index is 1010. The van der Waals surface area contributed by atoms with Crippen LogP contribution in [0.25, 0.3) is 0 Å². The molecule has 1 fully saturated rings. The lowest BCUT2D eigenvalue weighted by molar-refractivity contribution is -0.405. The minimum Gasteiger partial charge on any atom is -0.459 e. The van der Waals surface area contributed by atoms with E-state index in [2.05, 4.69) is 0 Å². The molecule has 1 aromatic carbocycles. The van der Waals surface area contributed by atoms with E-state index in [1.807, 2.05) is 27.7 Å². The first-order chi connectivity index (χ1) is 19.2. The Morgan fingerprint density at radius 2 is 1.09 bits per heavy atom. The van der Waals surface area contributed by atoms with Gasteiger partial charge in [-0.1, -0.05) is 39.8 Å². The number of hydrogen-bond donors (Lipinski definition) is 2. The zero-order valence-electron chi connectivity index (χ0n) is 23.3. The molecular weight excluding hydrogens is 616 g/mol. The normalized spacial score (nSPS) is 22.2. The molecule has 0 saturated heterocycles. The van der Waals surface area contributed by atoms with Gasteiger partial charge in [0.15, 0.2) is 0 Å². The molecule has 3 unspecified atom stereocenters. The van der Waals surface area contributed by atoms with Crippen LogP contribution in [0.4, 0.5) is 52.7 Å². The molecule has 0 amide bonds. The molecule has 1 aliphatic rings. The van der Waals surface area contributed by atoms with Crippen LogP contribution < -0.4 is 0 Å². The number of esters is 1. The van der Waals surface area contributed by atoms with Gasteiger partial charge in [-0.25, -0.2) is 4.79 Å². The number of rotatable bonds is 8. The molecular formula is C27H32F12O4. The van der Waals surface area contributed by atoms with Gasteiger partial charge in [-0.05, 0) is 61.1 Å². The highest BCUT2D eigenvalue weighted by Crippen LogP contribution is 2.58. The summed E-state index contributed by atoms with van der Waals surface area (Å²) < 4.78 is 168. The quantitative estimate of drug-likeness (QED) is 0.221. The van der Waals surface area contributed by atoms with Crippen LogP contribution in [0.3, 0.4) is 0 Å². The summed E-state index contributed by atoms with van der Waals surface area (Å²) in [5, 5.41) is 19.6. The highest BCUT2D eigenvalue weighted by molar-refractivity contribution is 5.89. The second-order valence-corrected chi connectivity index (χ2v) is 11.8. The van der Waals surface area contributed by atoms with Crippen LogP contribution in [-0.2, 0) is 4.74 Å². The Morgan fingerprint density at radius 3 is 1.40 bits per heavy atom. The van der Waals surface area contributed by atoms with E-state index in [0.717, 1.165) is 12.0 Å². The van der Waals surface area contributed by atoms with Gasteiger partial charge in [-0.15, -0.1) is 0 Å². The molecule has 248 valence electrons. The highest BCUT2D eigenvalue weighted by Gasteiger charge is 2.78. The van der Waals surface area contributed by atoms with Crippen LogP contribution in [0, 0.1) is 23.7 Å². The van der Waals surface area contributed by atoms with Gasteiger partial charge < -0.3 is 14.9 Å². The van der Waals surface area contributed by atoms with Crippen LogP contribution in [-0.4, -0.2) is 58.2 Å². The van der Waals surface area contributed by atoms with Crippen molar-refractivity contribution in [3.05, 3.63) is 35.4 Å². The number of hydrogen-bond acceptors (Lipinski definition) is 4. The highest BCUT2D eigenvalue weighted by atomic mass is 19.4. The molecule has 1 saturated carbocycles. The number of benzene rings is 1. The zero-order valence-corrected chi connectivity index (χ0v) is 23.3. The maximum absolute atomic E-state index is 13.6. The summed E-state index contributed by atoms with van der Waals surface area (Å²) in [6.07, 6.45) is -33.5. The van der Waals surface area contributed by atoms with Gasteiger partial charge >= 0.3 is 30.7 Å². The van der Waals surface area contributed by atoms with E-state index in [-0.39, 0.29) is 23.3 Å². The second-order valence-electron chi connectivity index (χ2n) is 11.8. The monoisotopic (exact) mass is 648 g/mol. The number of halogens is 12. The van der Waals surface area contributed by atoms with E-state index in [1.165, 1.54) is 24.3 Å². The first kappa shape index (κ1) is 37.0. The van der Waals surface area contributed by atoms with Crippen molar-refractivity contribution < 1.29 is 72.4 Å². The van der Waals surface area contributed by atoms with Gasteiger partial charge in [-0.2, -0.15) is 52.7 Å². The third kappa shape index (κ3) is 7.36. The number of alkyl halides is 12. The fourth-order valence-corrected chi connectivity index (χ4v) is 5.68. The molecule has 0 bridgehead atoms. The summed E-state index contributed by atoms with van der Waals surface area (Å²) in [4.78, 5) is 12.8. The molecule has 4 nitrogen and oxygen atoms in total. The summed E-state index contributed by atoms with van der Waals surface area (Å²) in [5.74, 6) is -7.82. The van der Waals surface area contributed by atoms with E-state index in [1.54, 1.807) is 0 Å². The minimum absolute atomic E-state index is 0.0229. The second kappa shape index (κ2) is 12.3. The first-order valence-corrected chi connectivity index (χ1v) is 13.2. The largest absolute Gasteiger partial charge is 0.459 e. The van der Waals surface area contributed by atoms with Crippen molar-refractivity contribution in [2.75, 3.05) is 0 Å². The van der Waals surface area contributed by atoms with Crippen molar-refractivity contribution in [1.29, 1.82) is 0 Å². The molecule has 16 heteroatoms. The molecule has 3 atom stereocenters. The Labute approximate surface area is 239 Å². The van der Waals surface area contributed by atoms with Gasteiger partial charge in [0.05, 0.1) is 5.56 Å². The number of ether oxygens (including phenoxy) is 1. The molecule has 0 aromatic heterocycles. The standard InChI is InChI=1S/C27H32F12O4/c1-13(2)9-20(14(3)4)15-5-7-16(8-6-15)21(40)43-19-11-17(22(41,24(28,29)30)25(31,32)33)10-18(12-19)23(42,26(34,35)36)27(37,38)39/h5-8,13-14,17-20,41-42H,9-12H2,1-4H3. The van der Waals surface area contributed by atoms with Gasteiger partial charge in [0.1, 0.15) is 6.10 Å². The molecule has 0 aliphatic heterocycles. The summed E-state index contributed by atoms with van der Waals surface area (Å²) in [5.41, 5.74) is -11.1. The van der Waals surface area contributed by atoms with E-state index < -0.39 is 79.1 Å². The summed E-state index contributed by atoms with van der Waals surface area (Å²) in [7, 11) is 0. The Morgan fingerprint density at radius 1 is 0.721 bits per heavy atom. The molecule has 43 heavy (non-hydrogen) atoms. The molecule has 2 rings (SSSR count). The number of aliphatic hydroxyl groups is 2. The van der Waals surface area contributed by atoms with Gasteiger partial charge in [0, 0.05) is 11.8 Å². The van der Waals surface area contributed by atoms with E-state index in [4.69, 9.17) is 4.74 Å². The average molecular weight is 649 g/mol. The SMILES string of the molecule is CC(C)CC(c1ccc(C(=O)OC2CC(C(O)(C(F)(F)F)C(F)(F)F)CC(C(O)(C(F)(F)F)C(F)(F)F)C2)cc1)C(C)C. The maximum atomic E-state index is 13.6. The van der Waals surface area contributed by atoms with Crippen LogP contribution >= 0.6 is 0 Å². The Balaban J connectivity index is 2.53. The van der Waals surface area contributed by atoms with E-state index in [9.17, 15) is 67.7 Å². The molecule has 1 aliphatic carbocycles. The van der Waals surface area contributed by atoms with Crippen LogP contribution in [0.1, 0.15) is 75.2 Å². The lowest BCUT2D eigenvalue weighted by atomic mass is 9.65. The average Bonchev–Trinajstić information content (AvgIpc) is 2.83. The van der Waals surface area contributed by atoms with Crippen LogP contribution in [0.5, 0.6) is 0 Å². The fourth-order valence-electron chi connectivity index (χ4n) is 5.68. The maximum Gasteiger partial charge on any atom is 0.426 e. The molecule has 0 heterocycles. The predicted octanol–water partition coefficient (Wildman–Crippen LogP) is 8.13. The molecule has 2 N–H and O–H groups in total. The Hall–Kier alpha value is -2.23. The smallest absolute Gasteiger partial charge is 0.426 e. The number of carbonyl (C=O) groups is 1. The molecule has 1 aromatic rings. The first-order valence-electron chi connectivity index (χ1n) is 13.2. The summed E-state index contributed by atoms with van der Waals surface area (Å²) in [6.45, 7) is 7.83. The topological polar surface area (TPSA) is 66.8 Å². The van der Waals surface area contributed by atoms with Crippen molar-refractivity contribution in [2.24, 2.45) is 23.7 Å². The minimum atomic E-state index is -6.61. The lowest BCUT2D eigenvalue weighted by Crippen LogP contribution is -2.67. The van der Waals surface area contributed by atoms with Crippen molar-refractivity contribution in [1.82, 2.24) is 0 Å². The van der Waals surface area contributed by atoms with Crippen molar-refractivity contribution >= 4 is 5.97 Å². The van der Waals surface area contributed by atoms with Gasteiger partial charge in [-0.3, -0.25) is 0 Å². The Kier molecular flexibility index (Phi) is 10.6.